The SMILES string of the molecule is CN1C[C@H](c2cccs2)[C@@]2(COc3ccccc3C2=O)[C@]12C(=O)Nc1ccccc12. The van der Waals surface area contributed by atoms with Crippen molar-refractivity contribution in [1.29, 1.82) is 0 Å². The van der Waals surface area contributed by atoms with E-state index >= 15 is 0 Å². The van der Waals surface area contributed by atoms with Crippen molar-refractivity contribution < 1.29 is 14.3 Å². The molecule has 30 heavy (non-hydrogen) atoms. The molecule has 6 heteroatoms. The monoisotopic (exact) mass is 416 g/mol. The van der Waals surface area contributed by atoms with E-state index in [1.54, 1.807) is 11.3 Å². The van der Waals surface area contributed by atoms with E-state index in [2.05, 4.69) is 16.3 Å². The summed E-state index contributed by atoms with van der Waals surface area (Å²) in [6.07, 6.45) is 0. The molecule has 3 aromatic rings. The second kappa shape index (κ2) is 6.03. The van der Waals surface area contributed by atoms with E-state index in [4.69, 9.17) is 4.74 Å². The molecule has 1 saturated heterocycles. The van der Waals surface area contributed by atoms with Crippen LogP contribution in [0.3, 0.4) is 0 Å². The van der Waals surface area contributed by atoms with Gasteiger partial charge in [-0.15, -0.1) is 11.3 Å². The number of rotatable bonds is 1. The Morgan fingerprint density at radius 3 is 2.70 bits per heavy atom. The predicted molar refractivity (Wildman–Crippen MR) is 115 cm³/mol. The standard InChI is InChI=1S/C24H20N2O3S/c1-26-13-17(20-11-6-12-30-20)23(14-29-19-10-5-2-7-15(19)21(23)27)24(26)16-8-3-4-9-18(16)25-22(24)28/h2-12,17H,13-14H2,1H3,(H,25,28)/t17-,23-,24+/m1/s1. The third kappa shape index (κ3) is 1.91. The zero-order valence-electron chi connectivity index (χ0n) is 16.4. The largest absolute Gasteiger partial charge is 0.492 e. The molecule has 5 nitrogen and oxygen atoms in total. The first-order valence-corrected chi connectivity index (χ1v) is 10.9. The highest BCUT2D eigenvalue weighted by Crippen LogP contribution is 2.64. The van der Waals surface area contributed by atoms with Crippen molar-refractivity contribution in [3.63, 3.8) is 0 Å². The van der Waals surface area contributed by atoms with Crippen LogP contribution in [0.1, 0.15) is 26.7 Å². The van der Waals surface area contributed by atoms with E-state index in [1.165, 1.54) is 0 Å². The summed E-state index contributed by atoms with van der Waals surface area (Å²) in [4.78, 5) is 31.2. The van der Waals surface area contributed by atoms with E-state index < -0.39 is 11.0 Å². The minimum atomic E-state index is -1.12. The summed E-state index contributed by atoms with van der Waals surface area (Å²) >= 11 is 1.63. The number of nitrogens with zero attached hydrogens (tertiary/aromatic N) is 1. The number of para-hydroxylation sites is 2. The number of fused-ring (bicyclic) bond motifs is 4. The minimum absolute atomic E-state index is 0.0149. The lowest BCUT2D eigenvalue weighted by Crippen LogP contribution is -2.62. The molecular weight excluding hydrogens is 396 g/mol. The predicted octanol–water partition coefficient (Wildman–Crippen LogP) is 3.89. The molecule has 1 N–H and O–H groups in total. The minimum Gasteiger partial charge on any atom is -0.492 e. The second-order valence-corrected chi connectivity index (χ2v) is 9.22. The zero-order valence-corrected chi connectivity index (χ0v) is 17.2. The fraction of sp³-hybridized carbons (Fsp3) is 0.250. The molecule has 6 rings (SSSR count). The lowest BCUT2D eigenvalue weighted by atomic mass is 9.58. The Morgan fingerprint density at radius 1 is 1.07 bits per heavy atom. The number of benzene rings is 2. The van der Waals surface area contributed by atoms with Gasteiger partial charge in [-0.05, 0) is 36.7 Å². The number of ketones is 1. The van der Waals surface area contributed by atoms with Crippen LogP contribution in [0.25, 0.3) is 0 Å². The van der Waals surface area contributed by atoms with Gasteiger partial charge >= 0.3 is 0 Å². The van der Waals surface area contributed by atoms with Gasteiger partial charge in [-0.2, -0.15) is 0 Å². The Labute approximate surface area is 178 Å². The van der Waals surface area contributed by atoms with E-state index in [-0.39, 0.29) is 24.2 Å². The number of hydrogen-bond donors (Lipinski definition) is 1. The van der Waals surface area contributed by atoms with Crippen LogP contribution in [0.4, 0.5) is 5.69 Å². The highest BCUT2D eigenvalue weighted by molar-refractivity contribution is 7.10. The Kier molecular flexibility index (Phi) is 3.59. The Hall–Kier alpha value is -2.96. The number of amides is 1. The molecule has 2 aromatic carbocycles. The molecule has 0 bridgehead atoms. The first-order valence-electron chi connectivity index (χ1n) is 10.0. The molecule has 3 aliphatic heterocycles. The molecule has 3 aliphatic rings. The van der Waals surface area contributed by atoms with Crippen molar-refractivity contribution in [2.24, 2.45) is 5.41 Å². The number of likely N-dealkylation sites (N-methyl/N-ethyl adjacent to an activating group) is 1. The number of likely N-dealkylation sites (tertiary alicyclic amines) is 1. The third-order valence-electron chi connectivity index (χ3n) is 7.04. The Bertz CT molecular complexity index is 1190. The molecule has 2 spiro atoms. The number of ether oxygens (including phenoxy) is 1. The van der Waals surface area contributed by atoms with Gasteiger partial charge in [0.15, 0.2) is 5.78 Å². The van der Waals surface area contributed by atoms with Crippen molar-refractivity contribution >= 4 is 28.7 Å². The maximum absolute atomic E-state index is 14.3. The van der Waals surface area contributed by atoms with Gasteiger partial charge in [-0.25, -0.2) is 0 Å². The molecular formula is C24H20N2O3S. The number of thiophene rings is 1. The van der Waals surface area contributed by atoms with Crippen LogP contribution in [0.15, 0.2) is 66.0 Å². The van der Waals surface area contributed by atoms with Gasteiger partial charge in [0.2, 0.25) is 0 Å². The quantitative estimate of drug-likeness (QED) is 0.654. The number of Topliss-reactive ketones (excluding diaryl/α,β-unsaturated/α-hetero) is 1. The van der Waals surface area contributed by atoms with Gasteiger partial charge in [0, 0.05) is 28.6 Å². The number of carbonyl (C=O) groups is 2. The first-order chi connectivity index (χ1) is 14.6. The van der Waals surface area contributed by atoms with Crippen LogP contribution in [0, 0.1) is 5.41 Å². The summed E-state index contributed by atoms with van der Waals surface area (Å²) < 4.78 is 6.24. The van der Waals surface area contributed by atoms with Gasteiger partial charge in [0.25, 0.3) is 5.91 Å². The second-order valence-electron chi connectivity index (χ2n) is 8.24. The Morgan fingerprint density at radius 2 is 1.87 bits per heavy atom. The van der Waals surface area contributed by atoms with Crippen LogP contribution < -0.4 is 10.1 Å². The van der Waals surface area contributed by atoms with Crippen LogP contribution in [0.5, 0.6) is 5.75 Å². The van der Waals surface area contributed by atoms with Crippen molar-refractivity contribution in [2.45, 2.75) is 11.5 Å². The summed E-state index contributed by atoms with van der Waals surface area (Å²) in [5, 5.41) is 5.08. The van der Waals surface area contributed by atoms with Crippen LogP contribution in [-0.4, -0.2) is 36.8 Å². The summed E-state index contributed by atoms with van der Waals surface area (Å²) in [5.74, 6) is 0.273. The lowest BCUT2D eigenvalue weighted by molar-refractivity contribution is -0.131. The fourth-order valence-corrected chi connectivity index (χ4v) is 6.76. The van der Waals surface area contributed by atoms with Gasteiger partial charge in [0.05, 0.1) is 5.56 Å². The number of anilines is 1. The average Bonchev–Trinajstić information content (AvgIpc) is 3.45. The molecule has 1 amide bonds. The van der Waals surface area contributed by atoms with Crippen LogP contribution in [0.2, 0.25) is 0 Å². The third-order valence-corrected chi connectivity index (χ3v) is 8.03. The van der Waals surface area contributed by atoms with Gasteiger partial charge in [-0.3, -0.25) is 14.5 Å². The highest BCUT2D eigenvalue weighted by atomic mass is 32.1. The number of carbonyl (C=O) groups excluding carboxylic acids is 2. The first kappa shape index (κ1) is 17.9. The van der Waals surface area contributed by atoms with E-state index in [0.29, 0.717) is 17.9 Å². The summed E-state index contributed by atoms with van der Waals surface area (Å²) in [7, 11) is 1.95. The molecule has 0 aliphatic carbocycles. The fourth-order valence-electron chi connectivity index (χ4n) is 5.85. The topological polar surface area (TPSA) is 58.6 Å². The number of nitrogens with one attached hydrogen (secondary N) is 1. The molecule has 0 unspecified atom stereocenters. The van der Waals surface area contributed by atoms with E-state index in [9.17, 15) is 9.59 Å². The van der Waals surface area contributed by atoms with Crippen molar-refractivity contribution in [3.05, 3.63) is 82.0 Å². The molecule has 1 fully saturated rings. The van der Waals surface area contributed by atoms with Crippen molar-refractivity contribution in [2.75, 3.05) is 25.5 Å². The van der Waals surface area contributed by atoms with Gasteiger partial charge in [-0.1, -0.05) is 36.4 Å². The molecule has 0 saturated carbocycles. The van der Waals surface area contributed by atoms with Crippen molar-refractivity contribution in [1.82, 2.24) is 4.90 Å². The maximum atomic E-state index is 14.3. The zero-order chi connectivity index (χ0) is 20.5. The molecule has 0 radical (unpaired) electrons. The highest BCUT2D eigenvalue weighted by Gasteiger charge is 2.75. The Balaban J connectivity index is 1.68. The summed E-state index contributed by atoms with van der Waals surface area (Å²) in [5.41, 5.74) is -0.00203. The van der Waals surface area contributed by atoms with Gasteiger partial charge < -0.3 is 10.1 Å². The van der Waals surface area contributed by atoms with Crippen LogP contribution >= 0.6 is 11.3 Å². The molecule has 4 heterocycles. The van der Waals surface area contributed by atoms with Gasteiger partial charge in [0.1, 0.15) is 23.3 Å². The molecule has 1 aromatic heterocycles. The summed E-state index contributed by atoms with van der Waals surface area (Å²) in [6.45, 7) is 0.761. The molecule has 150 valence electrons. The van der Waals surface area contributed by atoms with E-state index in [1.807, 2.05) is 67.0 Å². The average molecular weight is 417 g/mol. The maximum Gasteiger partial charge on any atom is 0.250 e. The van der Waals surface area contributed by atoms with E-state index in [0.717, 1.165) is 16.1 Å². The van der Waals surface area contributed by atoms with Crippen molar-refractivity contribution in [3.8, 4) is 5.75 Å². The molecule has 3 atom stereocenters. The number of hydrogen-bond acceptors (Lipinski definition) is 5. The summed E-state index contributed by atoms with van der Waals surface area (Å²) in [6, 6.07) is 19.2. The lowest BCUT2D eigenvalue weighted by Gasteiger charge is -2.47. The smallest absolute Gasteiger partial charge is 0.250 e. The van der Waals surface area contributed by atoms with Crippen LogP contribution in [-0.2, 0) is 10.3 Å². The normalized spacial score (nSPS) is 29.7.